The SMILES string of the molecule is O=C(CN1C(=O)S/C(=C\c2ccc(-c3cc([N+](=O)[O-])ccc3Cl)o2)C1=O)Nc1cccc(C(F)(F)F)c1. The Bertz CT molecular complexity index is 1470. The molecule has 1 aliphatic heterocycles. The van der Waals surface area contributed by atoms with Crippen molar-refractivity contribution in [3.63, 3.8) is 0 Å². The highest BCUT2D eigenvalue weighted by atomic mass is 35.5. The van der Waals surface area contributed by atoms with Gasteiger partial charge in [-0.1, -0.05) is 17.7 Å². The average molecular weight is 552 g/mol. The van der Waals surface area contributed by atoms with Gasteiger partial charge in [0.15, 0.2) is 0 Å². The summed E-state index contributed by atoms with van der Waals surface area (Å²) >= 11 is 6.65. The number of hydrogen-bond donors (Lipinski definition) is 1. The van der Waals surface area contributed by atoms with E-state index in [1.165, 1.54) is 42.5 Å². The second-order valence-electron chi connectivity index (χ2n) is 7.52. The topological polar surface area (TPSA) is 123 Å². The lowest BCUT2D eigenvalue weighted by Crippen LogP contribution is -2.36. The first-order valence-electron chi connectivity index (χ1n) is 10.2. The fraction of sp³-hybridized carbons (Fsp3) is 0.0870. The van der Waals surface area contributed by atoms with Gasteiger partial charge in [-0.3, -0.25) is 29.4 Å². The van der Waals surface area contributed by atoms with Crippen molar-refractivity contribution in [1.82, 2.24) is 4.90 Å². The van der Waals surface area contributed by atoms with E-state index in [-0.39, 0.29) is 38.4 Å². The standard InChI is InChI=1S/C23H13ClF3N3O6S/c24-17-6-4-14(30(34)35)9-16(17)18-7-5-15(36-18)10-19-21(32)29(22(33)37-19)11-20(31)28-13-3-1-2-12(8-13)23(25,26)27/h1-10H,11H2,(H,28,31)/b19-10-. The Morgan fingerprint density at radius 2 is 1.92 bits per heavy atom. The molecular formula is C23H13ClF3N3O6S. The summed E-state index contributed by atoms with van der Waals surface area (Å²) in [7, 11) is 0. The molecule has 9 nitrogen and oxygen atoms in total. The first-order valence-corrected chi connectivity index (χ1v) is 11.4. The Balaban J connectivity index is 1.47. The molecule has 0 atom stereocenters. The Morgan fingerprint density at radius 1 is 1.16 bits per heavy atom. The van der Waals surface area contributed by atoms with Gasteiger partial charge in [-0.05, 0) is 48.2 Å². The first-order chi connectivity index (χ1) is 17.4. The van der Waals surface area contributed by atoms with Crippen molar-refractivity contribution in [1.29, 1.82) is 0 Å². The van der Waals surface area contributed by atoms with Gasteiger partial charge < -0.3 is 9.73 Å². The third-order valence-corrected chi connectivity index (χ3v) is 6.21. The number of carbonyl (C=O) groups is 3. The number of imide groups is 1. The highest BCUT2D eigenvalue weighted by molar-refractivity contribution is 8.18. The van der Waals surface area contributed by atoms with Gasteiger partial charge in [0, 0.05) is 29.5 Å². The number of benzene rings is 2. The zero-order chi connectivity index (χ0) is 26.9. The van der Waals surface area contributed by atoms with Crippen LogP contribution in [0.25, 0.3) is 17.4 Å². The number of hydrogen-bond acceptors (Lipinski definition) is 7. The maximum absolute atomic E-state index is 12.9. The van der Waals surface area contributed by atoms with Crippen LogP contribution in [-0.2, 0) is 15.8 Å². The Kier molecular flexibility index (Phi) is 7.09. The van der Waals surface area contributed by atoms with Gasteiger partial charge in [0.2, 0.25) is 5.91 Å². The number of rotatable bonds is 6. The van der Waals surface area contributed by atoms with Crippen LogP contribution in [0.3, 0.4) is 0 Å². The average Bonchev–Trinajstić information content (AvgIpc) is 3.39. The molecule has 14 heteroatoms. The lowest BCUT2D eigenvalue weighted by molar-refractivity contribution is -0.384. The molecule has 1 fully saturated rings. The van der Waals surface area contributed by atoms with Gasteiger partial charge in [0.1, 0.15) is 18.1 Å². The molecule has 0 aliphatic carbocycles. The molecule has 190 valence electrons. The van der Waals surface area contributed by atoms with E-state index in [0.29, 0.717) is 16.7 Å². The van der Waals surface area contributed by atoms with E-state index >= 15 is 0 Å². The molecule has 1 saturated heterocycles. The number of amides is 3. The monoisotopic (exact) mass is 551 g/mol. The predicted molar refractivity (Wildman–Crippen MR) is 129 cm³/mol. The lowest BCUT2D eigenvalue weighted by atomic mass is 10.1. The Labute approximate surface area is 215 Å². The number of nitrogens with one attached hydrogen (secondary N) is 1. The molecule has 0 radical (unpaired) electrons. The molecule has 2 aromatic carbocycles. The molecule has 2 heterocycles. The van der Waals surface area contributed by atoms with Crippen LogP contribution in [0.2, 0.25) is 5.02 Å². The molecule has 0 spiro atoms. The summed E-state index contributed by atoms with van der Waals surface area (Å²) in [5, 5.41) is 12.7. The van der Waals surface area contributed by atoms with Crippen LogP contribution < -0.4 is 5.32 Å². The summed E-state index contributed by atoms with van der Waals surface area (Å²) in [5.74, 6) is -1.36. The van der Waals surface area contributed by atoms with Crippen molar-refractivity contribution < 1.29 is 36.9 Å². The zero-order valence-electron chi connectivity index (χ0n) is 18.2. The number of carbonyl (C=O) groups excluding carboxylic acids is 3. The molecule has 1 aliphatic rings. The van der Waals surface area contributed by atoms with Crippen molar-refractivity contribution in [3.8, 4) is 11.3 Å². The van der Waals surface area contributed by atoms with Gasteiger partial charge in [0.25, 0.3) is 16.8 Å². The van der Waals surface area contributed by atoms with E-state index in [0.717, 1.165) is 18.2 Å². The second kappa shape index (κ2) is 10.1. The molecular weight excluding hydrogens is 539 g/mol. The fourth-order valence-corrected chi connectivity index (χ4v) is 4.30. The van der Waals surface area contributed by atoms with E-state index in [2.05, 4.69) is 5.32 Å². The third-order valence-electron chi connectivity index (χ3n) is 4.98. The number of nitro groups is 1. The lowest BCUT2D eigenvalue weighted by Gasteiger charge is -2.13. The van der Waals surface area contributed by atoms with Crippen LogP contribution in [0.1, 0.15) is 11.3 Å². The van der Waals surface area contributed by atoms with Crippen LogP contribution in [-0.4, -0.2) is 33.4 Å². The molecule has 4 rings (SSSR count). The number of thioether (sulfide) groups is 1. The Morgan fingerprint density at radius 3 is 2.62 bits per heavy atom. The molecule has 0 unspecified atom stereocenters. The highest BCUT2D eigenvalue weighted by Crippen LogP contribution is 2.36. The fourth-order valence-electron chi connectivity index (χ4n) is 3.27. The molecule has 37 heavy (non-hydrogen) atoms. The zero-order valence-corrected chi connectivity index (χ0v) is 19.8. The summed E-state index contributed by atoms with van der Waals surface area (Å²) in [4.78, 5) is 48.3. The summed E-state index contributed by atoms with van der Waals surface area (Å²) < 4.78 is 44.2. The maximum atomic E-state index is 12.9. The van der Waals surface area contributed by atoms with E-state index in [4.69, 9.17) is 16.0 Å². The summed E-state index contributed by atoms with van der Waals surface area (Å²) in [6.07, 6.45) is -3.35. The molecule has 0 bridgehead atoms. The van der Waals surface area contributed by atoms with Crippen molar-refractivity contribution in [2.45, 2.75) is 6.18 Å². The van der Waals surface area contributed by atoms with Gasteiger partial charge in [0.05, 0.1) is 20.4 Å². The van der Waals surface area contributed by atoms with Crippen LogP contribution in [0.5, 0.6) is 0 Å². The van der Waals surface area contributed by atoms with Crippen molar-refractivity contribution >= 4 is 57.9 Å². The van der Waals surface area contributed by atoms with Crippen molar-refractivity contribution in [2.24, 2.45) is 0 Å². The number of nitrogens with zero attached hydrogens (tertiary/aromatic N) is 2. The number of alkyl halides is 3. The molecule has 3 amide bonds. The Hall–Kier alpha value is -4.10. The normalized spacial score (nSPS) is 14.9. The summed E-state index contributed by atoms with van der Waals surface area (Å²) in [5.41, 5.74) is -1.08. The minimum Gasteiger partial charge on any atom is -0.457 e. The largest absolute Gasteiger partial charge is 0.457 e. The minimum absolute atomic E-state index is 0.0668. The van der Waals surface area contributed by atoms with E-state index in [1.54, 1.807) is 0 Å². The minimum atomic E-state index is -4.61. The van der Waals surface area contributed by atoms with Gasteiger partial charge in [-0.25, -0.2) is 0 Å². The van der Waals surface area contributed by atoms with Crippen LogP contribution >= 0.6 is 23.4 Å². The van der Waals surface area contributed by atoms with Gasteiger partial charge in [-0.2, -0.15) is 13.2 Å². The van der Waals surface area contributed by atoms with E-state index < -0.39 is 40.3 Å². The summed E-state index contributed by atoms with van der Waals surface area (Å²) in [6, 6.07) is 10.6. The molecule has 0 saturated carbocycles. The van der Waals surface area contributed by atoms with Crippen LogP contribution in [0, 0.1) is 10.1 Å². The number of furan rings is 1. The number of anilines is 1. The first kappa shape index (κ1) is 26.0. The van der Waals surface area contributed by atoms with Crippen molar-refractivity contribution in [2.75, 3.05) is 11.9 Å². The van der Waals surface area contributed by atoms with Crippen molar-refractivity contribution in [3.05, 3.63) is 86.0 Å². The molecule has 1 N–H and O–H groups in total. The number of halogens is 4. The predicted octanol–water partition coefficient (Wildman–Crippen LogP) is 6.20. The van der Waals surface area contributed by atoms with E-state index in [9.17, 15) is 37.7 Å². The summed E-state index contributed by atoms with van der Waals surface area (Å²) in [6.45, 7) is -0.717. The van der Waals surface area contributed by atoms with Crippen LogP contribution in [0.15, 0.2) is 63.9 Å². The quantitative estimate of drug-likeness (QED) is 0.220. The number of non-ortho nitro benzene ring substituents is 1. The van der Waals surface area contributed by atoms with Crippen LogP contribution in [0.4, 0.5) is 29.3 Å². The molecule has 1 aromatic heterocycles. The second-order valence-corrected chi connectivity index (χ2v) is 8.92. The van der Waals surface area contributed by atoms with Gasteiger partial charge >= 0.3 is 6.18 Å². The maximum Gasteiger partial charge on any atom is 0.416 e. The number of nitro benzene ring substituents is 1. The smallest absolute Gasteiger partial charge is 0.416 e. The molecule has 3 aromatic rings. The third kappa shape index (κ3) is 5.84. The van der Waals surface area contributed by atoms with Gasteiger partial charge in [-0.15, -0.1) is 0 Å². The highest BCUT2D eigenvalue weighted by Gasteiger charge is 2.37. The van der Waals surface area contributed by atoms with E-state index in [1.807, 2.05) is 0 Å².